The molecule has 82 valence electrons. The van der Waals surface area contributed by atoms with E-state index >= 15 is 0 Å². The number of hydrogen-bond donors (Lipinski definition) is 2. The minimum absolute atomic E-state index is 0.208. The lowest BCUT2D eigenvalue weighted by molar-refractivity contribution is -0.150. The van der Waals surface area contributed by atoms with Gasteiger partial charge < -0.3 is 15.2 Å². The Labute approximate surface area is 83.4 Å². The molecule has 1 atom stereocenters. The van der Waals surface area contributed by atoms with E-state index in [0.717, 1.165) is 0 Å². The highest BCUT2D eigenvalue weighted by Gasteiger charge is 2.12. The second-order valence-corrected chi connectivity index (χ2v) is 3.49. The molecule has 1 unspecified atom stereocenters. The zero-order valence-electron chi connectivity index (χ0n) is 8.74. The van der Waals surface area contributed by atoms with E-state index in [2.05, 4.69) is 5.32 Å². The number of amides is 1. The number of carboxylic acids is 1. The maximum atomic E-state index is 11.0. The predicted octanol–water partition coefficient (Wildman–Crippen LogP) is 0.248. The fourth-order valence-electron chi connectivity index (χ4n) is 0.641. The van der Waals surface area contributed by atoms with E-state index in [-0.39, 0.29) is 12.5 Å². The summed E-state index contributed by atoms with van der Waals surface area (Å²) in [7, 11) is 0. The van der Waals surface area contributed by atoms with E-state index in [4.69, 9.17) is 9.84 Å². The van der Waals surface area contributed by atoms with Crippen molar-refractivity contribution in [3.05, 3.63) is 0 Å². The standard InChI is InChI=1S/C9H17NO4/c1-6(2)4-10-8(11)5-14-7(3)9(12)13/h6-7H,4-5H2,1-3H3,(H,10,11)(H,12,13). The van der Waals surface area contributed by atoms with Crippen LogP contribution in [0.2, 0.25) is 0 Å². The molecule has 14 heavy (non-hydrogen) atoms. The van der Waals surface area contributed by atoms with Crippen LogP contribution in [-0.4, -0.2) is 36.2 Å². The van der Waals surface area contributed by atoms with Crippen LogP contribution >= 0.6 is 0 Å². The fraction of sp³-hybridized carbons (Fsp3) is 0.778. The lowest BCUT2D eigenvalue weighted by Gasteiger charge is -2.10. The number of ether oxygens (including phenoxy) is 1. The highest BCUT2D eigenvalue weighted by molar-refractivity contribution is 5.78. The van der Waals surface area contributed by atoms with Gasteiger partial charge in [0.25, 0.3) is 0 Å². The largest absolute Gasteiger partial charge is 0.479 e. The molecule has 0 saturated heterocycles. The summed E-state index contributed by atoms with van der Waals surface area (Å²) in [6, 6.07) is 0. The molecule has 0 rings (SSSR count). The Hall–Kier alpha value is -1.10. The first-order chi connectivity index (χ1) is 6.43. The number of carbonyl (C=O) groups excluding carboxylic acids is 1. The van der Waals surface area contributed by atoms with Gasteiger partial charge in [0.2, 0.25) is 5.91 Å². The van der Waals surface area contributed by atoms with Crippen molar-refractivity contribution in [2.45, 2.75) is 26.9 Å². The van der Waals surface area contributed by atoms with E-state index in [1.54, 1.807) is 0 Å². The van der Waals surface area contributed by atoms with Crippen LogP contribution in [-0.2, 0) is 14.3 Å². The molecule has 0 aliphatic carbocycles. The van der Waals surface area contributed by atoms with Crippen LogP contribution in [0.4, 0.5) is 0 Å². The van der Waals surface area contributed by atoms with E-state index in [9.17, 15) is 9.59 Å². The molecule has 1 amide bonds. The Balaban J connectivity index is 3.59. The van der Waals surface area contributed by atoms with Gasteiger partial charge in [0.05, 0.1) is 0 Å². The SMILES string of the molecule is CC(C)CNC(=O)COC(C)C(=O)O. The van der Waals surface area contributed by atoms with E-state index < -0.39 is 12.1 Å². The molecule has 0 spiro atoms. The molecular formula is C9H17NO4. The van der Waals surface area contributed by atoms with Gasteiger partial charge in [0.15, 0.2) is 6.10 Å². The van der Waals surface area contributed by atoms with Crippen molar-refractivity contribution in [3.63, 3.8) is 0 Å². The molecular weight excluding hydrogens is 186 g/mol. The van der Waals surface area contributed by atoms with E-state index in [0.29, 0.717) is 12.5 Å². The fourth-order valence-corrected chi connectivity index (χ4v) is 0.641. The summed E-state index contributed by atoms with van der Waals surface area (Å²) >= 11 is 0. The molecule has 0 fully saturated rings. The number of aliphatic carboxylic acids is 1. The topological polar surface area (TPSA) is 75.6 Å². The maximum absolute atomic E-state index is 11.0. The van der Waals surface area contributed by atoms with Gasteiger partial charge in [0.1, 0.15) is 6.61 Å². The van der Waals surface area contributed by atoms with Crippen LogP contribution in [0.15, 0.2) is 0 Å². The molecule has 0 aromatic rings. The molecule has 5 heteroatoms. The van der Waals surface area contributed by atoms with Crippen LogP contribution < -0.4 is 5.32 Å². The van der Waals surface area contributed by atoms with Crippen molar-refractivity contribution in [2.24, 2.45) is 5.92 Å². The van der Waals surface area contributed by atoms with Crippen molar-refractivity contribution in [1.82, 2.24) is 5.32 Å². The summed E-state index contributed by atoms with van der Waals surface area (Å²) < 4.78 is 4.79. The van der Waals surface area contributed by atoms with Gasteiger partial charge in [-0.3, -0.25) is 4.79 Å². The smallest absolute Gasteiger partial charge is 0.332 e. The quantitative estimate of drug-likeness (QED) is 0.648. The molecule has 5 nitrogen and oxygen atoms in total. The number of carbonyl (C=O) groups is 2. The number of hydrogen-bond acceptors (Lipinski definition) is 3. The Morgan fingerprint density at radius 2 is 1.93 bits per heavy atom. The average molecular weight is 203 g/mol. The highest BCUT2D eigenvalue weighted by atomic mass is 16.5. The summed E-state index contributed by atoms with van der Waals surface area (Å²) in [6.45, 7) is 5.70. The predicted molar refractivity (Wildman–Crippen MR) is 50.9 cm³/mol. The van der Waals surface area contributed by atoms with Crippen LogP contribution in [0.1, 0.15) is 20.8 Å². The van der Waals surface area contributed by atoms with Gasteiger partial charge >= 0.3 is 5.97 Å². The molecule has 0 heterocycles. The number of nitrogens with one attached hydrogen (secondary N) is 1. The molecule has 0 saturated carbocycles. The second kappa shape index (κ2) is 6.37. The first kappa shape index (κ1) is 12.9. The highest BCUT2D eigenvalue weighted by Crippen LogP contribution is 1.91. The Bertz CT molecular complexity index is 203. The third kappa shape index (κ3) is 6.42. The minimum Gasteiger partial charge on any atom is -0.479 e. The molecule has 2 N–H and O–H groups in total. The number of rotatable bonds is 6. The van der Waals surface area contributed by atoms with Crippen LogP contribution in [0, 0.1) is 5.92 Å². The molecule has 0 radical (unpaired) electrons. The first-order valence-corrected chi connectivity index (χ1v) is 4.54. The molecule has 0 aliphatic heterocycles. The van der Waals surface area contributed by atoms with E-state index in [1.165, 1.54) is 6.92 Å². The third-order valence-electron chi connectivity index (χ3n) is 1.52. The number of carboxylic acid groups (broad SMARTS) is 1. The molecule has 0 aliphatic rings. The van der Waals surface area contributed by atoms with Crippen molar-refractivity contribution in [2.75, 3.05) is 13.2 Å². The Kier molecular flexibility index (Phi) is 5.87. The lowest BCUT2D eigenvalue weighted by atomic mass is 10.2. The summed E-state index contributed by atoms with van der Waals surface area (Å²) in [4.78, 5) is 21.4. The van der Waals surface area contributed by atoms with Crippen molar-refractivity contribution in [3.8, 4) is 0 Å². The molecule has 0 aromatic heterocycles. The minimum atomic E-state index is -1.07. The third-order valence-corrected chi connectivity index (χ3v) is 1.52. The second-order valence-electron chi connectivity index (χ2n) is 3.49. The lowest BCUT2D eigenvalue weighted by Crippen LogP contribution is -2.33. The van der Waals surface area contributed by atoms with E-state index in [1.807, 2.05) is 13.8 Å². The van der Waals surface area contributed by atoms with Gasteiger partial charge in [0, 0.05) is 6.54 Å². The first-order valence-electron chi connectivity index (χ1n) is 4.54. The summed E-state index contributed by atoms with van der Waals surface area (Å²) in [5.41, 5.74) is 0. The summed E-state index contributed by atoms with van der Waals surface area (Å²) in [5, 5.41) is 11.1. The van der Waals surface area contributed by atoms with Crippen molar-refractivity contribution >= 4 is 11.9 Å². The van der Waals surface area contributed by atoms with Crippen molar-refractivity contribution < 1.29 is 19.4 Å². The van der Waals surface area contributed by atoms with Gasteiger partial charge in [-0.2, -0.15) is 0 Å². The molecule has 0 bridgehead atoms. The van der Waals surface area contributed by atoms with Gasteiger partial charge in [-0.25, -0.2) is 4.79 Å². The Morgan fingerprint density at radius 1 is 1.36 bits per heavy atom. The summed E-state index contributed by atoms with van der Waals surface area (Å²) in [6.07, 6.45) is -0.945. The zero-order valence-corrected chi connectivity index (χ0v) is 8.74. The van der Waals surface area contributed by atoms with Crippen LogP contribution in [0.3, 0.4) is 0 Å². The van der Waals surface area contributed by atoms with Crippen LogP contribution in [0.5, 0.6) is 0 Å². The van der Waals surface area contributed by atoms with Gasteiger partial charge in [-0.15, -0.1) is 0 Å². The molecule has 0 aromatic carbocycles. The van der Waals surface area contributed by atoms with Crippen molar-refractivity contribution in [1.29, 1.82) is 0 Å². The monoisotopic (exact) mass is 203 g/mol. The zero-order chi connectivity index (χ0) is 11.1. The Morgan fingerprint density at radius 3 is 2.36 bits per heavy atom. The summed E-state index contributed by atoms with van der Waals surface area (Å²) in [5.74, 6) is -0.982. The van der Waals surface area contributed by atoms with Gasteiger partial charge in [-0.05, 0) is 12.8 Å². The normalized spacial score (nSPS) is 12.6. The average Bonchev–Trinajstić information content (AvgIpc) is 2.10. The maximum Gasteiger partial charge on any atom is 0.332 e. The van der Waals surface area contributed by atoms with Crippen LogP contribution in [0.25, 0.3) is 0 Å². The van der Waals surface area contributed by atoms with Gasteiger partial charge in [-0.1, -0.05) is 13.8 Å².